The highest BCUT2D eigenvalue weighted by Gasteiger charge is 2.62. The minimum atomic E-state index is -5.99. The Hall–Kier alpha value is -1.85. The predicted molar refractivity (Wildman–Crippen MR) is 85.0 cm³/mol. The van der Waals surface area contributed by atoms with Gasteiger partial charge in [-0.15, -0.1) is 0 Å². The molecule has 8 nitrogen and oxygen atoms in total. The largest absolute Gasteiger partial charge is 0.859 e. The maximum Gasteiger partial charge on any atom is 0.518 e. The van der Waals surface area contributed by atoms with Gasteiger partial charge in [0.05, 0.1) is 5.41 Å². The van der Waals surface area contributed by atoms with Crippen molar-refractivity contribution >= 4 is 27.9 Å². The summed E-state index contributed by atoms with van der Waals surface area (Å²) in [7, 11) is -5.99. The van der Waals surface area contributed by atoms with Crippen LogP contribution in [0.5, 0.6) is 0 Å². The first kappa shape index (κ1) is 20.9. The molecule has 0 aromatic carbocycles. The van der Waals surface area contributed by atoms with Gasteiger partial charge in [-0.3, -0.25) is 9.59 Å². The monoisotopic (exact) mass is 426 g/mol. The van der Waals surface area contributed by atoms with Crippen molar-refractivity contribution in [2.75, 3.05) is 6.61 Å². The van der Waals surface area contributed by atoms with Crippen molar-refractivity contribution in [2.24, 2.45) is 21.6 Å². The Bertz CT molecular complexity index is 807. The van der Waals surface area contributed by atoms with Crippen LogP contribution >= 0.6 is 0 Å². The average Bonchev–Trinajstić information content (AvgIpc) is 2.48. The first-order chi connectivity index (χ1) is 12.8. The molecule has 4 bridgehead atoms. The minimum Gasteiger partial charge on any atom is -0.859 e. The first-order valence-corrected chi connectivity index (χ1v) is 10.1. The number of carbonyl (C=O) groups excluding carboxylic acids is 2. The summed E-state index contributed by atoms with van der Waals surface area (Å²) in [5.41, 5.74) is -7.48. The lowest BCUT2D eigenvalue weighted by molar-refractivity contribution is -0.227. The van der Waals surface area contributed by atoms with Crippen molar-refractivity contribution in [3.63, 3.8) is 0 Å². The van der Waals surface area contributed by atoms with Crippen LogP contribution in [0.4, 0.5) is 13.2 Å². The SMILES string of the molecule is CC(=O)OC12CC3CC(C1)CC(C(=O)OC/C([O-])=N/S(=O)(=O)C(F)(F)F)(C3)C2. The van der Waals surface area contributed by atoms with Gasteiger partial charge in [0.15, 0.2) is 0 Å². The Morgan fingerprint density at radius 2 is 1.75 bits per heavy atom. The van der Waals surface area contributed by atoms with Crippen LogP contribution in [-0.2, 0) is 29.1 Å². The van der Waals surface area contributed by atoms with E-state index in [1.54, 1.807) is 0 Å². The van der Waals surface area contributed by atoms with E-state index in [0.29, 0.717) is 25.7 Å². The van der Waals surface area contributed by atoms with E-state index in [-0.39, 0.29) is 18.3 Å². The predicted octanol–water partition coefficient (Wildman–Crippen LogP) is 1.04. The molecule has 0 aromatic heterocycles. The van der Waals surface area contributed by atoms with E-state index < -0.39 is 51.0 Å². The smallest absolute Gasteiger partial charge is 0.518 e. The van der Waals surface area contributed by atoms with E-state index in [4.69, 9.17) is 9.47 Å². The van der Waals surface area contributed by atoms with Gasteiger partial charge < -0.3 is 14.6 Å². The van der Waals surface area contributed by atoms with Gasteiger partial charge in [0.2, 0.25) is 0 Å². The zero-order chi connectivity index (χ0) is 21.0. The summed E-state index contributed by atoms with van der Waals surface area (Å²) in [5, 5.41) is 11.5. The third-order valence-corrected chi connectivity index (χ3v) is 6.67. The summed E-state index contributed by atoms with van der Waals surface area (Å²) in [6, 6.07) is 0. The first-order valence-electron chi connectivity index (χ1n) is 8.70. The summed E-state index contributed by atoms with van der Waals surface area (Å²) >= 11 is 0. The molecule has 0 heterocycles. The lowest BCUT2D eigenvalue weighted by Crippen LogP contribution is -2.60. The molecule has 4 aliphatic rings. The van der Waals surface area contributed by atoms with Gasteiger partial charge in [0, 0.05) is 19.2 Å². The zero-order valence-corrected chi connectivity index (χ0v) is 15.8. The molecule has 0 amide bonds. The van der Waals surface area contributed by atoms with Crippen LogP contribution in [0.15, 0.2) is 4.40 Å². The molecule has 4 fully saturated rings. The van der Waals surface area contributed by atoms with E-state index in [1.165, 1.54) is 6.92 Å². The summed E-state index contributed by atoms with van der Waals surface area (Å²) < 4.78 is 71.0. The topological polar surface area (TPSA) is 122 Å². The van der Waals surface area contributed by atoms with E-state index in [2.05, 4.69) is 4.40 Å². The summed E-state index contributed by atoms with van der Waals surface area (Å²) in [5.74, 6) is -2.70. The average molecular weight is 426 g/mol. The number of sulfonamides is 1. The second kappa shape index (κ2) is 6.60. The summed E-state index contributed by atoms with van der Waals surface area (Å²) in [6.07, 6.45) is 3.31. The van der Waals surface area contributed by atoms with Gasteiger partial charge in [0.1, 0.15) is 12.2 Å². The van der Waals surface area contributed by atoms with Gasteiger partial charge in [-0.2, -0.15) is 26.0 Å². The number of hydrogen-bond donors (Lipinski definition) is 0. The number of hydrogen-bond acceptors (Lipinski definition) is 7. The maximum absolute atomic E-state index is 12.7. The Kier molecular flexibility index (Phi) is 4.92. The molecule has 28 heavy (non-hydrogen) atoms. The number of ether oxygens (including phenoxy) is 2. The van der Waals surface area contributed by atoms with Crippen LogP contribution in [-0.4, -0.2) is 44.0 Å². The van der Waals surface area contributed by atoms with Gasteiger partial charge >= 0.3 is 27.5 Å². The second-order valence-electron chi connectivity index (χ2n) is 8.00. The van der Waals surface area contributed by atoms with Gasteiger partial charge in [0.25, 0.3) is 0 Å². The van der Waals surface area contributed by atoms with Crippen LogP contribution in [0.25, 0.3) is 0 Å². The Morgan fingerprint density at radius 3 is 2.25 bits per heavy atom. The molecular formula is C16H19F3NO7S-. The highest BCUT2D eigenvalue weighted by molar-refractivity contribution is 7.91. The van der Waals surface area contributed by atoms with E-state index in [1.807, 2.05) is 0 Å². The molecule has 0 N–H and O–H groups in total. The third kappa shape index (κ3) is 3.83. The lowest BCUT2D eigenvalue weighted by Gasteiger charge is -2.59. The van der Waals surface area contributed by atoms with Crippen molar-refractivity contribution in [2.45, 2.75) is 56.6 Å². The number of rotatable bonds is 5. The fourth-order valence-corrected chi connectivity index (χ4v) is 5.76. The third-order valence-electron chi connectivity index (χ3n) is 5.64. The van der Waals surface area contributed by atoms with Crippen molar-refractivity contribution < 1.29 is 45.8 Å². The van der Waals surface area contributed by atoms with Gasteiger partial charge in [-0.25, -0.2) is 0 Å². The van der Waals surface area contributed by atoms with Gasteiger partial charge in [-0.05, 0) is 43.9 Å². The fraction of sp³-hybridized carbons (Fsp3) is 0.812. The van der Waals surface area contributed by atoms with Crippen molar-refractivity contribution in [1.82, 2.24) is 0 Å². The Morgan fingerprint density at radius 1 is 1.18 bits per heavy atom. The number of carbonyl (C=O) groups is 2. The van der Waals surface area contributed by atoms with Crippen LogP contribution in [0.2, 0.25) is 0 Å². The molecule has 0 aliphatic heterocycles. The normalized spacial score (nSPS) is 34.9. The Balaban J connectivity index is 1.72. The van der Waals surface area contributed by atoms with Crippen molar-refractivity contribution in [3.05, 3.63) is 0 Å². The Labute approximate surface area is 159 Å². The van der Waals surface area contributed by atoms with Crippen LogP contribution in [0.3, 0.4) is 0 Å². The molecule has 2 atom stereocenters. The highest BCUT2D eigenvalue weighted by Crippen LogP contribution is 2.63. The molecule has 0 radical (unpaired) electrons. The molecule has 2 unspecified atom stereocenters. The molecule has 12 heteroatoms. The minimum absolute atomic E-state index is 0.138. The molecule has 4 aliphatic carbocycles. The van der Waals surface area contributed by atoms with Gasteiger partial charge in [-0.1, -0.05) is 0 Å². The molecule has 0 saturated heterocycles. The number of halogens is 3. The summed E-state index contributed by atoms with van der Waals surface area (Å²) in [4.78, 5) is 24.2. The zero-order valence-electron chi connectivity index (χ0n) is 15.0. The molecule has 0 aromatic rings. The quantitative estimate of drug-likeness (QED) is 0.366. The number of nitrogens with zero attached hydrogens (tertiary/aromatic N) is 1. The molecule has 0 spiro atoms. The molecule has 158 valence electrons. The summed E-state index contributed by atoms with van der Waals surface area (Å²) in [6.45, 7) is 0.0800. The van der Waals surface area contributed by atoms with Crippen molar-refractivity contribution in [1.29, 1.82) is 0 Å². The number of esters is 2. The van der Waals surface area contributed by atoms with Crippen LogP contribution < -0.4 is 5.11 Å². The standard InChI is InChI=1S/C16H20F3NO7S/c1-9(21)27-15-5-10-2-11(6-15)4-14(3-10,8-15)13(23)26-7-12(22)20-28(24,25)16(17,18)19/h10-11H,2-8H2,1H3,(H,20,22)/p-1. The van der Waals surface area contributed by atoms with Crippen molar-refractivity contribution in [3.8, 4) is 0 Å². The van der Waals surface area contributed by atoms with E-state index >= 15 is 0 Å². The lowest BCUT2D eigenvalue weighted by atomic mass is 9.48. The highest BCUT2D eigenvalue weighted by atomic mass is 32.2. The van der Waals surface area contributed by atoms with E-state index in [0.717, 1.165) is 6.42 Å². The van der Waals surface area contributed by atoms with Crippen LogP contribution in [0.1, 0.15) is 45.4 Å². The number of alkyl halides is 3. The van der Waals surface area contributed by atoms with E-state index in [9.17, 15) is 36.3 Å². The van der Waals surface area contributed by atoms with Crippen LogP contribution in [0, 0.1) is 17.3 Å². The molecule has 4 saturated carbocycles. The molecular weight excluding hydrogens is 407 g/mol. The maximum atomic E-state index is 12.7. The second-order valence-corrected chi connectivity index (χ2v) is 9.60. The molecule has 4 rings (SSSR count). The fourth-order valence-electron chi connectivity index (χ4n) is 5.33.